The van der Waals surface area contributed by atoms with Crippen LogP contribution in [0.3, 0.4) is 0 Å². The Morgan fingerprint density at radius 1 is 0.949 bits per heavy atom. The minimum absolute atomic E-state index is 0.199. The quantitative estimate of drug-likeness (QED) is 0.243. The van der Waals surface area contributed by atoms with Crippen LogP contribution in [0.5, 0.6) is 0 Å². The Balaban J connectivity index is 1.53. The van der Waals surface area contributed by atoms with E-state index in [9.17, 15) is 9.18 Å². The van der Waals surface area contributed by atoms with Gasteiger partial charge in [0.1, 0.15) is 29.1 Å². The number of hydrogen-bond acceptors (Lipinski definition) is 6. The van der Waals surface area contributed by atoms with E-state index >= 15 is 0 Å². The summed E-state index contributed by atoms with van der Waals surface area (Å²) in [7, 11) is 0. The minimum atomic E-state index is -0.355. The van der Waals surface area contributed by atoms with E-state index in [-0.39, 0.29) is 17.3 Å². The van der Waals surface area contributed by atoms with E-state index in [4.69, 9.17) is 8.83 Å². The van der Waals surface area contributed by atoms with E-state index in [0.29, 0.717) is 44.9 Å². The molecule has 0 saturated heterocycles. The molecule has 6 rings (SSSR count). The number of rotatable bonds is 6. The van der Waals surface area contributed by atoms with Crippen molar-refractivity contribution in [2.75, 3.05) is 5.32 Å². The molecule has 0 spiro atoms. The number of pyridine rings is 1. The number of hydrogen-bond donors (Lipinski definition) is 1. The van der Waals surface area contributed by atoms with Gasteiger partial charge >= 0.3 is 0 Å². The molecule has 192 valence electrons. The van der Waals surface area contributed by atoms with Crippen LogP contribution in [0.4, 0.5) is 10.1 Å². The van der Waals surface area contributed by atoms with Crippen molar-refractivity contribution in [2.24, 2.45) is 0 Å². The lowest BCUT2D eigenvalue weighted by Crippen LogP contribution is -2.13. The highest BCUT2D eigenvalue weighted by Gasteiger charge is 2.23. The molecule has 39 heavy (non-hydrogen) atoms. The molecule has 0 aliphatic heterocycles. The topological polar surface area (TPSA) is 81.2 Å². The molecule has 0 radical (unpaired) electrons. The molecule has 6 aromatic rings. The fourth-order valence-corrected chi connectivity index (χ4v) is 4.86. The van der Waals surface area contributed by atoms with E-state index in [1.165, 1.54) is 18.7 Å². The fourth-order valence-electron chi connectivity index (χ4n) is 4.86. The molecule has 0 unspecified atom stereocenters. The maximum absolute atomic E-state index is 14.7. The van der Waals surface area contributed by atoms with Gasteiger partial charge in [0.05, 0.1) is 28.4 Å². The van der Waals surface area contributed by atoms with Gasteiger partial charge in [-0.2, -0.15) is 0 Å². The summed E-state index contributed by atoms with van der Waals surface area (Å²) in [5, 5.41) is 3.92. The Morgan fingerprint density at radius 2 is 1.74 bits per heavy atom. The molecule has 0 fully saturated rings. The van der Waals surface area contributed by atoms with Crippen LogP contribution in [-0.4, -0.2) is 9.97 Å². The van der Waals surface area contributed by atoms with Crippen molar-refractivity contribution < 1.29 is 13.2 Å². The summed E-state index contributed by atoms with van der Waals surface area (Å²) in [5.74, 6) is 0.0551. The number of aryl methyl sites for hydroxylation is 1. The van der Waals surface area contributed by atoms with Crippen LogP contribution in [0.1, 0.15) is 24.1 Å². The molecular weight excluding hydrogens is 493 g/mol. The van der Waals surface area contributed by atoms with Crippen molar-refractivity contribution in [2.45, 2.75) is 19.9 Å². The molecule has 1 N–H and O–H groups in total. The van der Waals surface area contributed by atoms with Crippen molar-refractivity contribution in [3.8, 4) is 33.8 Å². The lowest BCUT2D eigenvalue weighted by atomic mass is 9.97. The summed E-state index contributed by atoms with van der Waals surface area (Å²) in [6.45, 7) is 3.91. The minimum Gasteiger partial charge on any atom is -0.455 e. The number of nitrogens with zero attached hydrogens (tertiary/aromatic N) is 2. The highest BCUT2D eigenvalue weighted by Crippen LogP contribution is 2.36. The van der Waals surface area contributed by atoms with Crippen LogP contribution >= 0.6 is 0 Å². The second kappa shape index (κ2) is 10.0. The lowest BCUT2D eigenvalue weighted by molar-refractivity contribution is 0.558. The van der Waals surface area contributed by atoms with E-state index in [0.717, 1.165) is 16.7 Å². The largest absolute Gasteiger partial charge is 0.455 e. The van der Waals surface area contributed by atoms with E-state index < -0.39 is 0 Å². The Hall–Kier alpha value is -5.04. The molecule has 3 aromatic carbocycles. The predicted octanol–water partition coefficient (Wildman–Crippen LogP) is 7.80. The van der Waals surface area contributed by atoms with Crippen LogP contribution in [0.25, 0.3) is 44.8 Å². The van der Waals surface area contributed by atoms with E-state index in [1.807, 2.05) is 62.4 Å². The second-order valence-electron chi connectivity index (χ2n) is 9.35. The monoisotopic (exact) mass is 517 g/mol. The van der Waals surface area contributed by atoms with Crippen LogP contribution in [0.15, 0.2) is 111 Å². The highest BCUT2D eigenvalue weighted by atomic mass is 19.1. The van der Waals surface area contributed by atoms with Gasteiger partial charge in [0, 0.05) is 22.9 Å². The maximum atomic E-state index is 14.7. The van der Waals surface area contributed by atoms with Gasteiger partial charge in [0.25, 0.3) is 0 Å². The van der Waals surface area contributed by atoms with Gasteiger partial charge in [-0.05, 0) is 49.7 Å². The van der Waals surface area contributed by atoms with Crippen molar-refractivity contribution in [1.82, 2.24) is 9.97 Å². The molecule has 3 aromatic heterocycles. The zero-order chi connectivity index (χ0) is 26.9. The first-order valence-corrected chi connectivity index (χ1v) is 12.5. The first-order valence-electron chi connectivity index (χ1n) is 12.5. The van der Waals surface area contributed by atoms with Gasteiger partial charge in [-0.25, -0.2) is 9.37 Å². The molecule has 0 bridgehead atoms. The third-order valence-corrected chi connectivity index (χ3v) is 6.66. The van der Waals surface area contributed by atoms with E-state index in [2.05, 4.69) is 15.3 Å². The summed E-state index contributed by atoms with van der Waals surface area (Å²) in [5.41, 5.74) is 5.01. The molecule has 0 amide bonds. The third kappa shape index (κ3) is 4.48. The zero-order valence-corrected chi connectivity index (χ0v) is 21.3. The van der Waals surface area contributed by atoms with Crippen LogP contribution in [0, 0.1) is 12.7 Å². The van der Waals surface area contributed by atoms with Gasteiger partial charge in [-0.1, -0.05) is 48.5 Å². The number of nitrogens with one attached hydrogen (secondary N) is 1. The first kappa shape index (κ1) is 24.3. The third-order valence-electron chi connectivity index (χ3n) is 6.66. The summed E-state index contributed by atoms with van der Waals surface area (Å²) in [6.07, 6.45) is 4.37. The molecule has 0 aliphatic carbocycles. The van der Waals surface area contributed by atoms with Crippen LogP contribution < -0.4 is 10.7 Å². The second-order valence-corrected chi connectivity index (χ2v) is 9.35. The number of anilines is 1. The Bertz CT molecular complexity index is 1850. The fraction of sp³-hybridized carbons (Fsp3) is 0.0938. The average Bonchev–Trinajstić information content (AvgIpc) is 3.49. The number of halogens is 1. The van der Waals surface area contributed by atoms with Crippen molar-refractivity contribution in [1.29, 1.82) is 0 Å². The van der Waals surface area contributed by atoms with Crippen molar-refractivity contribution >= 4 is 16.7 Å². The SMILES string of the molecule is Cc1cc([C@@H](C)Nc2cccnc2-c2ccccc2F)c2oc(-c3ccccc3)c(-c3cocn3)c(=O)c2c1. The number of oxazole rings is 1. The molecule has 1 atom stereocenters. The van der Waals surface area contributed by atoms with Crippen LogP contribution in [0.2, 0.25) is 0 Å². The smallest absolute Gasteiger partial charge is 0.202 e. The van der Waals surface area contributed by atoms with Gasteiger partial charge in [-0.15, -0.1) is 0 Å². The van der Waals surface area contributed by atoms with Crippen LogP contribution in [-0.2, 0) is 0 Å². The molecule has 0 aliphatic rings. The predicted molar refractivity (Wildman–Crippen MR) is 150 cm³/mol. The number of fused-ring (bicyclic) bond motifs is 1. The molecule has 3 heterocycles. The van der Waals surface area contributed by atoms with Crippen molar-refractivity contribution in [3.63, 3.8) is 0 Å². The molecule has 6 nitrogen and oxygen atoms in total. The molecular formula is C32H24FN3O3. The number of aromatic nitrogens is 2. The van der Waals surface area contributed by atoms with Gasteiger partial charge in [0.2, 0.25) is 5.43 Å². The molecule has 7 heteroatoms. The Morgan fingerprint density at radius 3 is 2.51 bits per heavy atom. The first-order chi connectivity index (χ1) is 19.0. The van der Waals surface area contributed by atoms with Gasteiger partial charge < -0.3 is 14.2 Å². The summed E-state index contributed by atoms with van der Waals surface area (Å²) in [4.78, 5) is 22.7. The Kier molecular flexibility index (Phi) is 6.25. The standard InChI is InChI=1S/C32H24FN3O3/c1-19-15-23(20(2)36-26-13-8-14-34-29(26)22-11-6-7-12-25(22)33)32-24(16-19)30(37)28(27-17-38-18-35-27)31(39-32)21-9-4-3-5-10-21/h3-18,20,36H,1-2H3/t20-/m1/s1. The average molecular weight is 518 g/mol. The lowest BCUT2D eigenvalue weighted by Gasteiger charge is -2.20. The van der Waals surface area contributed by atoms with Gasteiger partial charge in [0.15, 0.2) is 6.39 Å². The summed E-state index contributed by atoms with van der Waals surface area (Å²) < 4.78 is 26.4. The van der Waals surface area contributed by atoms with Gasteiger partial charge in [-0.3, -0.25) is 9.78 Å². The summed E-state index contributed by atoms with van der Waals surface area (Å²) >= 11 is 0. The summed E-state index contributed by atoms with van der Waals surface area (Å²) in [6, 6.07) is 23.2. The zero-order valence-electron chi connectivity index (χ0n) is 21.3. The maximum Gasteiger partial charge on any atom is 0.202 e. The van der Waals surface area contributed by atoms with Crippen molar-refractivity contribution in [3.05, 3.63) is 125 Å². The van der Waals surface area contributed by atoms with E-state index in [1.54, 1.807) is 30.5 Å². The Labute approximate surface area is 223 Å². The number of benzene rings is 3. The normalized spacial score (nSPS) is 12.0. The molecule has 0 saturated carbocycles. The highest BCUT2D eigenvalue weighted by molar-refractivity contribution is 5.90.